The molecular formula is C23H27F4N3O2S. The number of aromatic nitrogens is 1. The highest BCUT2D eigenvalue weighted by molar-refractivity contribution is 7.87. The molecule has 0 aliphatic rings. The van der Waals surface area contributed by atoms with E-state index in [0.29, 0.717) is 23.0 Å². The van der Waals surface area contributed by atoms with Gasteiger partial charge in [-0.2, -0.15) is 30.6 Å². The maximum atomic E-state index is 15.2. The van der Waals surface area contributed by atoms with Gasteiger partial charge in [0.05, 0.1) is 5.56 Å². The highest BCUT2D eigenvalue weighted by atomic mass is 32.2. The van der Waals surface area contributed by atoms with Crippen LogP contribution in [0.15, 0.2) is 42.6 Å². The highest BCUT2D eigenvalue weighted by Crippen LogP contribution is 2.40. The molecule has 0 aliphatic heterocycles. The molecule has 180 valence electrons. The number of nitrogens with zero attached hydrogens (tertiary/aromatic N) is 2. The van der Waals surface area contributed by atoms with Crippen molar-refractivity contribution in [3.05, 3.63) is 59.5 Å². The lowest BCUT2D eigenvalue weighted by Gasteiger charge is -2.18. The van der Waals surface area contributed by atoms with Crippen LogP contribution in [0.5, 0.6) is 0 Å². The van der Waals surface area contributed by atoms with Gasteiger partial charge in [-0.15, -0.1) is 0 Å². The zero-order valence-electron chi connectivity index (χ0n) is 19.0. The van der Waals surface area contributed by atoms with Gasteiger partial charge in [0.2, 0.25) is 0 Å². The standard InChI is InChI=1S/C23H27F4N3O2S/c1-14(2)12-30-13-19(15(3)28-33(31,32)29(4)5)18-10-21(24)17(11-22(18)30)16-8-6-7-9-20(16)23(25,26)27/h6-11,13-15,28H,12H2,1-5H3/t15-/m1/s1. The van der Waals surface area contributed by atoms with Crippen LogP contribution in [0.25, 0.3) is 22.0 Å². The molecule has 0 saturated carbocycles. The molecule has 10 heteroatoms. The van der Waals surface area contributed by atoms with E-state index in [4.69, 9.17) is 0 Å². The second kappa shape index (κ2) is 9.08. The first-order chi connectivity index (χ1) is 15.2. The summed E-state index contributed by atoms with van der Waals surface area (Å²) in [5.74, 6) is -0.622. The largest absolute Gasteiger partial charge is 0.417 e. The van der Waals surface area contributed by atoms with Gasteiger partial charge in [-0.3, -0.25) is 0 Å². The minimum absolute atomic E-state index is 0.161. The molecule has 3 rings (SSSR count). The fourth-order valence-electron chi connectivity index (χ4n) is 3.79. The Morgan fingerprint density at radius 3 is 2.27 bits per heavy atom. The van der Waals surface area contributed by atoms with Crippen molar-refractivity contribution < 1.29 is 26.0 Å². The summed E-state index contributed by atoms with van der Waals surface area (Å²) in [7, 11) is -0.976. The number of rotatable bonds is 7. The lowest BCUT2D eigenvalue weighted by molar-refractivity contribution is -0.137. The average Bonchev–Trinajstić information content (AvgIpc) is 3.03. The maximum Gasteiger partial charge on any atom is 0.417 e. The first kappa shape index (κ1) is 25.2. The van der Waals surface area contributed by atoms with Crippen LogP contribution in [0.4, 0.5) is 17.6 Å². The quantitative estimate of drug-likeness (QED) is 0.444. The van der Waals surface area contributed by atoms with E-state index >= 15 is 4.39 Å². The van der Waals surface area contributed by atoms with E-state index in [1.165, 1.54) is 44.4 Å². The smallest absolute Gasteiger partial charge is 0.347 e. The van der Waals surface area contributed by atoms with Crippen molar-refractivity contribution in [1.82, 2.24) is 13.6 Å². The van der Waals surface area contributed by atoms with E-state index in [1.54, 1.807) is 13.1 Å². The summed E-state index contributed by atoms with van der Waals surface area (Å²) >= 11 is 0. The Balaban J connectivity index is 2.23. The number of fused-ring (bicyclic) bond motifs is 1. The third kappa shape index (κ3) is 5.23. The Morgan fingerprint density at radius 1 is 1.06 bits per heavy atom. The lowest BCUT2D eigenvalue weighted by Crippen LogP contribution is -2.37. The Morgan fingerprint density at radius 2 is 1.70 bits per heavy atom. The predicted molar refractivity (Wildman–Crippen MR) is 121 cm³/mol. The number of nitrogens with one attached hydrogen (secondary N) is 1. The highest BCUT2D eigenvalue weighted by Gasteiger charge is 2.34. The molecule has 0 radical (unpaired) electrons. The van der Waals surface area contributed by atoms with Gasteiger partial charge in [0.15, 0.2) is 0 Å². The van der Waals surface area contributed by atoms with Crippen molar-refractivity contribution in [3.63, 3.8) is 0 Å². The monoisotopic (exact) mass is 485 g/mol. The van der Waals surface area contributed by atoms with Crippen LogP contribution >= 0.6 is 0 Å². The number of benzene rings is 2. The van der Waals surface area contributed by atoms with Crippen LogP contribution in [0.3, 0.4) is 0 Å². The van der Waals surface area contributed by atoms with Gasteiger partial charge in [0.1, 0.15) is 5.82 Å². The number of hydrogen-bond acceptors (Lipinski definition) is 2. The molecule has 0 fully saturated rings. The van der Waals surface area contributed by atoms with Gasteiger partial charge in [-0.05, 0) is 42.2 Å². The zero-order valence-corrected chi connectivity index (χ0v) is 19.9. The Kier molecular flexibility index (Phi) is 6.93. The normalized spacial score (nSPS) is 13.9. The summed E-state index contributed by atoms with van der Waals surface area (Å²) in [6.07, 6.45) is -2.91. The van der Waals surface area contributed by atoms with E-state index in [9.17, 15) is 21.6 Å². The number of halogens is 4. The summed E-state index contributed by atoms with van der Waals surface area (Å²) in [6, 6.07) is 6.78. The third-order valence-corrected chi connectivity index (χ3v) is 6.97. The van der Waals surface area contributed by atoms with Gasteiger partial charge in [-0.25, -0.2) is 4.39 Å². The van der Waals surface area contributed by atoms with Crippen molar-refractivity contribution in [3.8, 4) is 11.1 Å². The maximum absolute atomic E-state index is 15.2. The van der Waals surface area contributed by atoms with Crippen molar-refractivity contribution in [2.45, 2.75) is 39.5 Å². The lowest BCUT2D eigenvalue weighted by atomic mass is 9.96. The molecule has 1 heterocycles. The molecule has 1 atom stereocenters. The Hall–Kier alpha value is -2.43. The molecule has 5 nitrogen and oxygen atoms in total. The predicted octanol–water partition coefficient (Wildman–Crippen LogP) is 5.58. The van der Waals surface area contributed by atoms with E-state index in [-0.39, 0.29) is 17.0 Å². The Labute approximate surface area is 191 Å². The van der Waals surface area contributed by atoms with Crippen LogP contribution in [-0.2, 0) is 22.9 Å². The molecule has 0 aliphatic carbocycles. The summed E-state index contributed by atoms with van der Waals surface area (Å²) in [5, 5.41) is 0.440. The van der Waals surface area contributed by atoms with Gasteiger partial charge in [0.25, 0.3) is 10.2 Å². The topological polar surface area (TPSA) is 54.3 Å². The van der Waals surface area contributed by atoms with E-state index in [2.05, 4.69) is 4.72 Å². The van der Waals surface area contributed by atoms with E-state index in [0.717, 1.165) is 10.4 Å². The van der Waals surface area contributed by atoms with Crippen molar-refractivity contribution >= 4 is 21.1 Å². The minimum Gasteiger partial charge on any atom is -0.347 e. The molecule has 0 saturated heterocycles. The van der Waals surface area contributed by atoms with Gasteiger partial charge >= 0.3 is 6.18 Å². The summed E-state index contributed by atoms with van der Waals surface area (Å²) in [6.45, 7) is 6.12. The molecule has 1 N–H and O–H groups in total. The van der Waals surface area contributed by atoms with Crippen LogP contribution in [0, 0.1) is 11.7 Å². The van der Waals surface area contributed by atoms with E-state index in [1.807, 2.05) is 18.4 Å². The molecular weight excluding hydrogens is 458 g/mol. The second-order valence-corrected chi connectivity index (χ2v) is 10.6. The fourth-order valence-corrected chi connectivity index (χ4v) is 4.58. The van der Waals surface area contributed by atoms with Crippen LogP contribution < -0.4 is 4.72 Å². The van der Waals surface area contributed by atoms with Crippen molar-refractivity contribution in [1.29, 1.82) is 0 Å². The summed E-state index contributed by atoms with van der Waals surface area (Å²) in [5.41, 5.74) is -0.262. The van der Waals surface area contributed by atoms with Crippen LogP contribution in [0.2, 0.25) is 0 Å². The molecule has 0 bridgehead atoms. The third-order valence-electron chi connectivity index (χ3n) is 5.36. The van der Waals surface area contributed by atoms with Gasteiger partial charge in [-0.1, -0.05) is 32.0 Å². The molecule has 0 spiro atoms. The minimum atomic E-state index is -4.64. The number of alkyl halides is 3. The van der Waals surface area contributed by atoms with Crippen LogP contribution in [0.1, 0.15) is 37.9 Å². The zero-order chi connectivity index (χ0) is 24.7. The van der Waals surface area contributed by atoms with Gasteiger partial charge in [0, 0.05) is 49.3 Å². The first-order valence-electron chi connectivity index (χ1n) is 10.4. The average molecular weight is 486 g/mol. The van der Waals surface area contributed by atoms with Crippen LogP contribution in [-0.4, -0.2) is 31.4 Å². The molecule has 0 unspecified atom stereocenters. The number of hydrogen-bond donors (Lipinski definition) is 1. The molecule has 1 aromatic heterocycles. The van der Waals surface area contributed by atoms with Crippen molar-refractivity contribution in [2.75, 3.05) is 14.1 Å². The summed E-state index contributed by atoms with van der Waals surface area (Å²) in [4.78, 5) is 0. The second-order valence-electron chi connectivity index (χ2n) is 8.65. The molecule has 0 amide bonds. The van der Waals surface area contributed by atoms with Gasteiger partial charge < -0.3 is 4.57 Å². The Bertz CT molecular complexity index is 1260. The van der Waals surface area contributed by atoms with E-state index < -0.39 is 33.8 Å². The fraction of sp³-hybridized carbons (Fsp3) is 0.391. The molecule has 3 aromatic rings. The first-order valence-corrected chi connectivity index (χ1v) is 11.8. The molecule has 33 heavy (non-hydrogen) atoms. The molecule has 2 aromatic carbocycles. The summed E-state index contributed by atoms with van der Waals surface area (Å²) < 4.78 is 85.9. The van der Waals surface area contributed by atoms with Crippen molar-refractivity contribution in [2.24, 2.45) is 5.92 Å². The SMILES string of the molecule is CC(C)Cn1cc([C@@H](C)NS(=O)(=O)N(C)C)c2cc(F)c(-c3ccccc3C(F)(F)F)cc21.